The zero-order valence-corrected chi connectivity index (χ0v) is 21.6. The first-order valence-corrected chi connectivity index (χ1v) is 12.7. The number of rotatable bonds is 3. The van der Waals surface area contributed by atoms with Gasteiger partial charge in [0.1, 0.15) is 22.8 Å². The molecule has 0 radical (unpaired) electrons. The molecule has 0 amide bonds. The predicted octanol–water partition coefficient (Wildman–Crippen LogP) is 4.41. The standard InChI is InChI=1S/C26H28ClN7O2/c1-14(2)20-22(15(3)8-9-28-20)34-25-18-23(19(27)21(30-25)16-11-29-32(4)12-16)36-13-17-7-5-6-10-33(17)24(18)31-26(34)35/h8-9,11-12,14,17H,5-7,10,13H2,1-4H3/t17-/m1/s1. The summed E-state index contributed by atoms with van der Waals surface area (Å²) in [4.78, 5) is 30.4. The summed E-state index contributed by atoms with van der Waals surface area (Å²) < 4.78 is 9.70. The van der Waals surface area contributed by atoms with Crippen LogP contribution < -0.4 is 15.3 Å². The average molecular weight is 506 g/mol. The number of aromatic nitrogens is 6. The van der Waals surface area contributed by atoms with Gasteiger partial charge in [0, 0.05) is 31.5 Å². The molecule has 6 heterocycles. The van der Waals surface area contributed by atoms with Crippen molar-refractivity contribution >= 4 is 28.5 Å². The molecular weight excluding hydrogens is 478 g/mol. The van der Waals surface area contributed by atoms with Crippen molar-refractivity contribution in [1.29, 1.82) is 0 Å². The first-order chi connectivity index (χ1) is 17.3. The van der Waals surface area contributed by atoms with Gasteiger partial charge in [-0.3, -0.25) is 9.67 Å². The van der Waals surface area contributed by atoms with Gasteiger partial charge in [0.2, 0.25) is 0 Å². The van der Waals surface area contributed by atoms with Crippen molar-refractivity contribution in [3.05, 3.63) is 51.4 Å². The molecule has 10 heteroatoms. The van der Waals surface area contributed by atoms with Gasteiger partial charge in [0.15, 0.2) is 11.4 Å². The number of anilines is 1. The molecule has 2 aliphatic rings. The normalized spacial score (nSPS) is 17.3. The van der Waals surface area contributed by atoms with Crippen LogP contribution in [0.5, 0.6) is 5.75 Å². The summed E-state index contributed by atoms with van der Waals surface area (Å²) in [5.74, 6) is 1.20. The predicted molar refractivity (Wildman–Crippen MR) is 139 cm³/mol. The van der Waals surface area contributed by atoms with Crippen LogP contribution in [0, 0.1) is 6.92 Å². The molecule has 1 atom stereocenters. The SMILES string of the molecule is Cc1ccnc(C(C)C)c1-n1c(=O)nc2c3c(c(Cl)c(-c4cnn(C)c4)nc31)OC[C@H]1CCCCN21. The second kappa shape index (κ2) is 8.58. The van der Waals surface area contributed by atoms with Crippen molar-refractivity contribution in [2.45, 2.75) is 52.0 Å². The quantitative estimate of drug-likeness (QED) is 0.407. The number of ether oxygens (including phenoxy) is 1. The number of hydrogen-bond acceptors (Lipinski definition) is 7. The topological polar surface area (TPSA) is 91.0 Å². The lowest BCUT2D eigenvalue weighted by molar-refractivity contribution is 0.267. The second-order valence-electron chi connectivity index (χ2n) is 9.93. The fourth-order valence-electron chi connectivity index (χ4n) is 5.38. The summed E-state index contributed by atoms with van der Waals surface area (Å²) in [6.45, 7) is 7.38. The van der Waals surface area contributed by atoms with Gasteiger partial charge in [-0.05, 0) is 43.7 Å². The monoisotopic (exact) mass is 505 g/mol. The number of pyridine rings is 2. The molecule has 4 aromatic rings. The number of hydrogen-bond donors (Lipinski definition) is 0. The molecule has 186 valence electrons. The van der Waals surface area contributed by atoms with Crippen molar-refractivity contribution in [2.24, 2.45) is 7.05 Å². The Labute approximate surface area is 213 Å². The van der Waals surface area contributed by atoms with E-state index < -0.39 is 0 Å². The maximum atomic E-state index is 13.9. The molecule has 6 rings (SSSR count). The Bertz CT molecular complexity index is 1560. The first-order valence-electron chi connectivity index (χ1n) is 12.4. The summed E-state index contributed by atoms with van der Waals surface area (Å²) >= 11 is 6.99. The van der Waals surface area contributed by atoms with Crippen molar-refractivity contribution in [2.75, 3.05) is 18.1 Å². The molecular formula is C26H28ClN7O2. The zero-order chi connectivity index (χ0) is 25.1. The van der Waals surface area contributed by atoms with E-state index in [9.17, 15) is 4.79 Å². The van der Waals surface area contributed by atoms with Crippen LogP contribution in [0.4, 0.5) is 5.82 Å². The molecule has 0 spiro atoms. The van der Waals surface area contributed by atoms with Crippen LogP contribution in [0.3, 0.4) is 0 Å². The Balaban J connectivity index is 1.77. The second-order valence-corrected chi connectivity index (χ2v) is 10.3. The first kappa shape index (κ1) is 23.0. The summed E-state index contributed by atoms with van der Waals surface area (Å²) in [6, 6.07) is 2.03. The van der Waals surface area contributed by atoms with E-state index in [4.69, 9.17) is 21.3 Å². The minimum atomic E-state index is -0.389. The van der Waals surface area contributed by atoms with Crippen LogP contribution in [0.2, 0.25) is 5.02 Å². The molecule has 36 heavy (non-hydrogen) atoms. The highest BCUT2D eigenvalue weighted by Gasteiger charge is 2.34. The van der Waals surface area contributed by atoms with Crippen LogP contribution >= 0.6 is 11.6 Å². The highest BCUT2D eigenvalue weighted by molar-refractivity contribution is 6.36. The lowest BCUT2D eigenvalue weighted by Gasteiger charge is -2.34. The fourth-order valence-corrected chi connectivity index (χ4v) is 5.68. The zero-order valence-electron chi connectivity index (χ0n) is 20.8. The molecule has 9 nitrogen and oxygen atoms in total. The number of nitrogens with zero attached hydrogens (tertiary/aromatic N) is 7. The molecule has 0 bridgehead atoms. The maximum absolute atomic E-state index is 13.9. The van der Waals surface area contributed by atoms with Crippen molar-refractivity contribution in [3.8, 4) is 22.7 Å². The molecule has 2 aliphatic heterocycles. The van der Waals surface area contributed by atoms with E-state index in [-0.39, 0.29) is 17.6 Å². The van der Waals surface area contributed by atoms with E-state index in [1.807, 2.05) is 26.2 Å². The minimum absolute atomic E-state index is 0.0875. The summed E-state index contributed by atoms with van der Waals surface area (Å²) in [7, 11) is 1.84. The van der Waals surface area contributed by atoms with Crippen LogP contribution in [-0.2, 0) is 7.05 Å². The minimum Gasteiger partial charge on any atom is -0.489 e. The van der Waals surface area contributed by atoms with E-state index in [0.29, 0.717) is 45.6 Å². The van der Waals surface area contributed by atoms with Gasteiger partial charge in [-0.1, -0.05) is 25.4 Å². The van der Waals surface area contributed by atoms with E-state index in [2.05, 4.69) is 33.8 Å². The van der Waals surface area contributed by atoms with Crippen LogP contribution in [-0.4, -0.2) is 48.5 Å². The Morgan fingerprint density at radius 1 is 1.22 bits per heavy atom. The Kier molecular flexibility index (Phi) is 5.48. The largest absolute Gasteiger partial charge is 0.489 e. The van der Waals surface area contributed by atoms with E-state index in [1.54, 1.807) is 21.6 Å². The Morgan fingerprint density at radius 3 is 2.81 bits per heavy atom. The molecule has 0 aromatic carbocycles. The number of piperidine rings is 1. The van der Waals surface area contributed by atoms with Crippen LogP contribution in [0.1, 0.15) is 50.3 Å². The third-order valence-electron chi connectivity index (χ3n) is 7.13. The smallest absolute Gasteiger partial charge is 0.355 e. The van der Waals surface area contributed by atoms with Crippen LogP contribution in [0.15, 0.2) is 29.5 Å². The number of aryl methyl sites for hydroxylation is 2. The molecule has 0 aliphatic carbocycles. The summed E-state index contributed by atoms with van der Waals surface area (Å²) in [5.41, 5.74) is 3.77. The van der Waals surface area contributed by atoms with Crippen molar-refractivity contribution in [1.82, 2.24) is 29.3 Å². The Morgan fingerprint density at radius 2 is 2.06 bits per heavy atom. The van der Waals surface area contributed by atoms with Crippen molar-refractivity contribution in [3.63, 3.8) is 0 Å². The lowest BCUT2D eigenvalue weighted by Crippen LogP contribution is -2.43. The maximum Gasteiger partial charge on any atom is 0.355 e. The average Bonchev–Trinajstić information content (AvgIpc) is 3.21. The molecule has 0 saturated carbocycles. The van der Waals surface area contributed by atoms with Gasteiger partial charge >= 0.3 is 5.69 Å². The summed E-state index contributed by atoms with van der Waals surface area (Å²) in [6.07, 6.45) is 8.46. The number of fused-ring (bicyclic) bond motifs is 2. The number of halogens is 1. The van der Waals surface area contributed by atoms with Gasteiger partial charge < -0.3 is 9.64 Å². The van der Waals surface area contributed by atoms with E-state index in [0.717, 1.165) is 42.6 Å². The van der Waals surface area contributed by atoms with E-state index in [1.165, 1.54) is 0 Å². The highest BCUT2D eigenvalue weighted by atomic mass is 35.5. The summed E-state index contributed by atoms with van der Waals surface area (Å²) in [5, 5.41) is 5.37. The van der Waals surface area contributed by atoms with Gasteiger partial charge in [-0.15, -0.1) is 0 Å². The van der Waals surface area contributed by atoms with Crippen molar-refractivity contribution < 1.29 is 4.74 Å². The third-order valence-corrected chi connectivity index (χ3v) is 7.48. The molecule has 1 saturated heterocycles. The molecule has 0 N–H and O–H groups in total. The Hall–Kier alpha value is -3.46. The van der Waals surface area contributed by atoms with Gasteiger partial charge in [-0.25, -0.2) is 14.3 Å². The van der Waals surface area contributed by atoms with Gasteiger partial charge in [0.05, 0.1) is 29.3 Å². The molecule has 1 fully saturated rings. The lowest BCUT2D eigenvalue weighted by atomic mass is 10.0. The van der Waals surface area contributed by atoms with Gasteiger partial charge in [0.25, 0.3) is 0 Å². The molecule has 4 aromatic heterocycles. The van der Waals surface area contributed by atoms with Crippen LogP contribution in [0.25, 0.3) is 28.0 Å². The fraction of sp³-hybridized carbons (Fsp3) is 0.423. The third kappa shape index (κ3) is 3.48. The van der Waals surface area contributed by atoms with Gasteiger partial charge in [-0.2, -0.15) is 10.1 Å². The molecule has 0 unspecified atom stereocenters. The highest BCUT2D eigenvalue weighted by Crippen LogP contribution is 2.45. The van der Waals surface area contributed by atoms with E-state index >= 15 is 0 Å².